The Kier molecular flexibility index (Phi) is 9.50. The molecule has 3 heterocycles. The third-order valence-electron chi connectivity index (χ3n) is 6.95. The van der Waals surface area contributed by atoms with Crippen molar-refractivity contribution < 1.29 is 35.9 Å². The molecule has 0 saturated heterocycles. The van der Waals surface area contributed by atoms with Gasteiger partial charge >= 0.3 is 0 Å². The molecule has 0 spiro atoms. The first-order chi connectivity index (χ1) is 19.8. The van der Waals surface area contributed by atoms with Crippen LogP contribution in [-0.4, -0.2) is 76.4 Å². The maximum absolute atomic E-state index is 13.9. The van der Waals surface area contributed by atoms with Crippen LogP contribution in [0.3, 0.4) is 0 Å². The predicted octanol–water partition coefficient (Wildman–Crippen LogP) is 3.72. The zero-order valence-corrected chi connectivity index (χ0v) is 22.7. The van der Waals surface area contributed by atoms with Crippen LogP contribution in [0.4, 0.5) is 32.0 Å². The van der Waals surface area contributed by atoms with Crippen molar-refractivity contribution >= 4 is 17.5 Å². The minimum absolute atomic E-state index is 0.0276. The maximum Gasteiger partial charge on any atom is 0.270 e. The van der Waals surface area contributed by atoms with E-state index in [9.17, 15) is 35.9 Å². The van der Waals surface area contributed by atoms with E-state index >= 15 is 0 Å². The van der Waals surface area contributed by atoms with Crippen LogP contribution in [0, 0.1) is 5.92 Å². The summed E-state index contributed by atoms with van der Waals surface area (Å²) < 4.78 is 83.7. The molecule has 1 saturated carbocycles. The van der Waals surface area contributed by atoms with E-state index < -0.39 is 74.4 Å². The number of rotatable bonds is 12. The molecule has 2 atom stereocenters. The van der Waals surface area contributed by atoms with Gasteiger partial charge in [-0.2, -0.15) is 10.2 Å². The first-order valence-electron chi connectivity index (χ1n) is 13.2. The Bertz CT molecular complexity index is 1350. The van der Waals surface area contributed by atoms with Crippen LogP contribution in [0.2, 0.25) is 0 Å². The van der Waals surface area contributed by atoms with Gasteiger partial charge in [0.15, 0.2) is 5.82 Å². The summed E-state index contributed by atoms with van der Waals surface area (Å²) in [5.74, 6) is -5.15. The lowest BCUT2D eigenvalue weighted by Gasteiger charge is -2.33. The first-order valence-corrected chi connectivity index (χ1v) is 13.2. The topological polar surface area (TPSA) is 137 Å². The molecule has 1 aliphatic carbocycles. The number of nitrogens with zero attached hydrogens (tertiary/aromatic N) is 8. The fourth-order valence-corrected chi connectivity index (χ4v) is 4.92. The molecular weight excluding hydrogens is 574 g/mol. The summed E-state index contributed by atoms with van der Waals surface area (Å²) in [5, 5.41) is 23.7. The van der Waals surface area contributed by atoms with Gasteiger partial charge in [-0.15, -0.1) is 5.10 Å². The van der Waals surface area contributed by atoms with Gasteiger partial charge in [0, 0.05) is 37.7 Å². The summed E-state index contributed by atoms with van der Waals surface area (Å²) >= 11 is 0. The molecule has 2 N–H and O–H groups in total. The minimum atomic E-state index is -2.88. The Balaban J connectivity index is 1.56. The lowest BCUT2D eigenvalue weighted by molar-refractivity contribution is -0.121. The number of amides is 2. The first kappa shape index (κ1) is 31.0. The smallest absolute Gasteiger partial charge is 0.270 e. The molecule has 18 heteroatoms. The molecule has 2 amide bonds. The second-order valence-electron chi connectivity index (χ2n) is 10.4. The molecule has 230 valence electrons. The van der Waals surface area contributed by atoms with Crippen molar-refractivity contribution in [3.63, 3.8) is 0 Å². The summed E-state index contributed by atoms with van der Waals surface area (Å²) in [5.41, 5.74) is 0.202. The number of nitrogens with one attached hydrogen (secondary N) is 2. The van der Waals surface area contributed by atoms with Gasteiger partial charge in [-0.25, -0.2) is 31.0 Å². The van der Waals surface area contributed by atoms with Crippen molar-refractivity contribution in [3.05, 3.63) is 36.2 Å². The van der Waals surface area contributed by atoms with E-state index in [0.717, 1.165) is 10.9 Å². The third kappa shape index (κ3) is 7.44. The largest absolute Gasteiger partial charge is 0.339 e. The molecule has 0 radical (unpaired) electrons. The zero-order valence-electron chi connectivity index (χ0n) is 22.7. The number of alkyl halides is 6. The molecular formula is C24H30F6N10O2. The van der Waals surface area contributed by atoms with E-state index in [4.69, 9.17) is 0 Å². The summed E-state index contributed by atoms with van der Waals surface area (Å²) in [6.45, 7) is 2.69. The molecule has 12 nitrogen and oxygen atoms in total. The van der Waals surface area contributed by atoms with Crippen molar-refractivity contribution in [2.24, 2.45) is 5.92 Å². The third-order valence-corrected chi connectivity index (χ3v) is 6.95. The number of carbonyl (C=O) groups is 2. The number of tetrazole rings is 1. The highest BCUT2D eigenvalue weighted by Crippen LogP contribution is 2.38. The Hall–Kier alpha value is -3.99. The van der Waals surface area contributed by atoms with E-state index in [0.29, 0.717) is 4.68 Å². The lowest BCUT2D eigenvalue weighted by atomic mass is 9.81. The van der Waals surface area contributed by atoms with Crippen molar-refractivity contribution in [2.75, 3.05) is 5.32 Å². The van der Waals surface area contributed by atoms with Gasteiger partial charge in [0.1, 0.15) is 24.3 Å². The predicted molar refractivity (Wildman–Crippen MR) is 134 cm³/mol. The number of carbonyl (C=O) groups excluding carboxylic acids is 2. The van der Waals surface area contributed by atoms with Crippen LogP contribution in [0.25, 0.3) is 0 Å². The van der Waals surface area contributed by atoms with E-state index in [1.165, 1.54) is 23.1 Å². The summed E-state index contributed by atoms with van der Waals surface area (Å²) in [4.78, 5) is 26.6. The van der Waals surface area contributed by atoms with Crippen LogP contribution < -0.4 is 10.6 Å². The molecule has 3 aromatic rings. The van der Waals surface area contributed by atoms with Gasteiger partial charge < -0.3 is 10.6 Å². The van der Waals surface area contributed by atoms with Gasteiger partial charge in [0.25, 0.3) is 12.3 Å². The normalized spacial score (nSPS) is 17.1. The van der Waals surface area contributed by atoms with Gasteiger partial charge in [0.2, 0.25) is 18.3 Å². The second kappa shape index (κ2) is 12.9. The highest BCUT2D eigenvalue weighted by Gasteiger charge is 2.41. The molecule has 3 aromatic heterocycles. The van der Waals surface area contributed by atoms with Gasteiger partial charge in [0.05, 0.1) is 11.9 Å². The quantitative estimate of drug-likeness (QED) is 0.301. The average Bonchev–Trinajstić information content (AvgIpc) is 3.67. The fraction of sp³-hybridized carbons (Fsp3) is 0.625. The Morgan fingerprint density at radius 3 is 2.45 bits per heavy atom. The number of anilines is 1. The van der Waals surface area contributed by atoms with Gasteiger partial charge in [-0.3, -0.25) is 19.0 Å². The van der Waals surface area contributed by atoms with E-state index in [1.54, 1.807) is 0 Å². The van der Waals surface area contributed by atoms with Gasteiger partial charge in [-0.05, 0) is 49.1 Å². The highest BCUT2D eigenvalue weighted by atomic mass is 19.3. The van der Waals surface area contributed by atoms with Gasteiger partial charge in [-0.1, -0.05) is 0 Å². The number of hydrogen-bond donors (Lipinski definition) is 2. The molecule has 1 unspecified atom stereocenters. The Morgan fingerprint density at radius 2 is 1.81 bits per heavy atom. The second-order valence-corrected chi connectivity index (χ2v) is 10.4. The molecule has 1 fully saturated rings. The van der Waals surface area contributed by atoms with Crippen molar-refractivity contribution in [3.8, 4) is 0 Å². The van der Waals surface area contributed by atoms with E-state index in [-0.39, 0.29) is 36.1 Å². The van der Waals surface area contributed by atoms with Crippen LogP contribution in [-0.2, 0) is 11.3 Å². The number of hydrogen-bond acceptors (Lipinski definition) is 7. The van der Waals surface area contributed by atoms with Crippen molar-refractivity contribution in [2.45, 2.75) is 89.4 Å². The standard InChI is InChI=1S/C24H30F6N10O2/c1-13(2)40-16(5-8-31-40)22(41)34-20(14-3-6-24(29,30)7-4-14)23(42)33-15-10-32-38(11-15)17(9-18(25)26)21-35-36-37-39(21)12-19(27)28/h5,8,10-11,13-14,17-20H,3-4,6-7,9,12H2,1-2H3,(H,33,42)(H,34,41)/t17?,20-/m0/s1. The molecule has 0 bridgehead atoms. The molecule has 0 aromatic carbocycles. The Morgan fingerprint density at radius 1 is 1.10 bits per heavy atom. The minimum Gasteiger partial charge on any atom is -0.339 e. The van der Waals surface area contributed by atoms with Crippen molar-refractivity contribution in [1.82, 2.24) is 45.1 Å². The average molecular weight is 605 g/mol. The Labute approximate surface area is 235 Å². The number of aromatic nitrogens is 8. The molecule has 4 rings (SSSR count). The zero-order chi connectivity index (χ0) is 30.6. The van der Waals surface area contributed by atoms with Crippen molar-refractivity contribution in [1.29, 1.82) is 0 Å². The maximum atomic E-state index is 13.9. The lowest BCUT2D eigenvalue weighted by Crippen LogP contribution is -2.50. The monoisotopic (exact) mass is 604 g/mol. The number of halogens is 6. The SMILES string of the molecule is CC(C)n1nccc1C(=O)N[C@H](C(=O)Nc1cnn(C(CC(F)F)c2nnnn2CC(F)F)c1)C1CCC(F)(F)CC1. The van der Waals surface area contributed by atoms with E-state index in [1.807, 2.05) is 13.8 Å². The summed E-state index contributed by atoms with van der Waals surface area (Å²) in [6.07, 6.45) is -3.81. The highest BCUT2D eigenvalue weighted by molar-refractivity contribution is 6.00. The summed E-state index contributed by atoms with van der Waals surface area (Å²) in [7, 11) is 0. The summed E-state index contributed by atoms with van der Waals surface area (Å²) in [6, 6.07) is -1.27. The molecule has 0 aliphatic heterocycles. The van der Waals surface area contributed by atoms with Crippen LogP contribution in [0.1, 0.15) is 74.3 Å². The van der Waals surface area contributed by atoms with Crippen LogP contribution in [0.15, 0.2) is 24.7 Å². The molecule has 1 aliphatic rings. The van der Waals surface area contributed by atoms with Crippen LogP contribution in [0.5, 0.6) is 0 Å². The fourth-order valence-electron chi connectivity index (χ4n) is 4.92. The molecule has 42 heavy (non-hydrogen) atoms. The van der Waals surface area contributed by atoms with Crippen LogP contribution >= 0.6 is 0 Å². The van der Waals surface area contributed by atoms with E-state index in [2.05, 4.69) is 36.4 Å².